The number of anilines is 1. The zero-order chi connectivity index (χ0) is 24.9. The molecule has 0 aliphatic carbocycles. The molecule has 3 aromatic rings. The summed E-state index contributed by atoms with van der Waals surface area (Å²) in [6.45, 7) is 0.0398. The zero-order valence-electron chi connectivity index (χ0n) is 18.8. The molecule has 10 heteroatoms. The van der Waals surface area contributed by atoms with Crippen molar-refractivity contribution in [3.8, 4) is 11.5 Å². The number of thiocarbonyl (C=S) groups is 1. The third kappa shape index (κ3) is 5.07. The van der Waals surface area contributed by atoms with Crippen LogP contribution in [-0.2, 0) is 20.9 Å². The van der Waals surface area contributed by atoms with E-state index in [1.165, 1.54) is 31.3 Å². The molecule has 1 fully saturated rings. The number of methoxy groups -OCH3 is 2. The molecule has 35 heavy (non-hydrogen) atoms. The highest BCUT2D eigenvalue weighted by Gasteiger charge is 2.34. The topological polar surface area (TPSA) is 107 Å². The highest BCUT2D eigenvalue weighted by Crippen LogP contribution is 2.30. The molecule has 1 saturated heterocycles. The molecule has 178 valence electrons. The average Bonchev–Trinajstić information content (AvgIpc) is 3.34. The molecular weight excluding hydrogens is 472 g/mol. The van der Waals surface area contributed by atoms with Gasteiger partial charge in [-0.25, -0.2) is 4.79 Å². The molecule has 1 aliphatic rings. The number of ether oxygens (including phenoxy) is 3. The minimum Gasteiger partial charge on any atom is -0.493 e. The van der Waals surface area contributed by atoms with Crippen LogP contribution in [0.3, 0.4) is 0 Å². The Morgan fingerprint density at radius 1 is 1.06 bits per heavy atom. The van der Waals surface area contributed by atoms with Gasteiger partial charge in [-0.3, -0.25) is 19.8 Å². The average molecular weight is 493 g/mol. The first-order valence-electron chi connectivity index (χ1n) is 10.4. The smallest absolute Gasteiger partial charge is 0.373 e. The normalized spacial score (nSPS) is 14.6. The zero-order valence-corrected chi connectivity index (χ0v) is 19.6. The summed E-state index contributed by atoms with van der Waals surface area (Å²) >= 11 is 5.21. The quantitative estimate of drug-likeness (QED) is 0.231. The van der Waals surface area contributed by atoms with E-state index in [1.54, 1.807) is 48.5 Å². The summed E-state index contributed by atoms with van der Waals surface area (Å²) in [7, 11) is 2.73. The predicted molar refractivity (Wildman–Crippen MR) is 130 cm³/mol. The van der Waals surface area contributed by atoms with Crippen LogP contribution < -0.4 is 19.7 Å². The second kappa shape index (κ2) is 10.2. The number of hydrogen-bond acceptors (Lipinski definition) is 8. The third-order valence-corrected chi connectivity index (χ3v) is 5.32. The molecule has 4 rings (SSSR count). The van der Waals surface area contributed by atoms with Crippen LogP contribution in [0.4, 0.5) is 5.69 Å². The van der Waals surface area contributed by atoms with Crippen molar-refractivity contribution in [1.82, 2.24) is 5.32 Å². The van der Waals surface area contributed by atoms with Crippen molar-refractivity contribution in [2.75, 3.05) is 19.1 Å². The Labute approximate surface area is 205 Å². The van der Waals surface area contributed by atoms with Crippen molar-refractivity contribution in [2.24, 2.45) is 0 Å². The van der Waals surface area contributed by atoms with Gasteiger partial charge in [-0.15, -0.1) is 0 Å². The van der Waals surface area contributed by atoms with Crippen LogP contribution in [0.2, 0.25) is 0 Å². The number of hydrogen-bond donors (Lipinski definition) is 1. The summed E-state index contributed by atoms with van der Waals surface area (Å²) in [5, 5.41) is 2.56. The molecule has 0 saturated carbocycles. The van der Waals surface area contributed by atoms with Gasteiger partial charge in [0.25, 0.3) is 11.8 Å². The number of carbonyl (C=O) groups is 3. The number of nitrogens with zero attached hydrogens (tertiary/aromatic N) is 1. The number of para-hydroxylation sites is 1. The first-order valence-corrected chi connectivity index (χ1v) is 10.8. The van der Waals surface area contributed by atoms with E-state index < -0.39 is 17.8 Å². The van der Waals surface area contributed by atoms with Crippen LogP contribution in [0, 0.1) is 0 Å². The molecule has 1 N–H and O–H groups in total. The Bertz CT molecular complexity index is 1330. The van der Waals surface area contributed by atoms with Crippen LogP contribution >= 0.6 is 12.2 Å². The van der Waals surface area contributed by atoms with Gasteiger partial charge in [0.1, 0.15) is 17.9 Å². The maximum atomic E-state index is 13.1. The molecule has 0 unspecified atom stereocenters. The van der Waals surface area contributed by atoms with Gasteiger partial charge in [-0.1, -0.05) is 24.3 Å². The molecular formula is C25H20N2O7S. The first-order chi connectivity index (χ1) is 16.9. The lowest BCUT2D eigenvalue weighted by molar-refractivity contribution is -0.122. The molecule has 0 spiro atoms. The van der Waals surface area contributed by atoms with Crippen LogP contribution in [-0.4, -0.2) is 37.1 Å². The first kappa shape index (κ1) is 23.7. The van der Waals surface area contributed by atoms with E-state index in [4.69, 9.17) is 26.1 Å². The predicted octanol–water partition coefficient (Wildman–Crippen LogP) is 3.49. The van der Waals surface area contributed by atoms with Crippen LogP contribution in [0.25, 0.3) is 6.08 Å². The van der Waals surface area contributed by atoms with Crippen molar-refractivity contribution >= 4 is 46.9 Å². The van der Waals surface area contributed by atoms with E-state index in [2.05, 4.69) is 10.1 Å². The summed E-state index contributed by atoms with van der Waals surface area (Å²) < 4.78 is 21.2. The number of rotatable bonds is 7. The SMILES string of the molecule is COC(=O)c1ccc(COc2ccc(C=C3C(=O)NC(=S)N(c4ccccc4)C3=O)cc2OC)o1. The third-order valence-electron chi connectivity index (χ3n) is 5.03. The lowest BCUT2D eigenvalue weighted by atomic mass is 10.1. The van der Waals surface area contributed by atoms with Crippen LogP contribution in [0.15, 0.2) is 70.7 Å². The van der Waals surface area contributed by atoms with Gasteiger partial charge in [-0.05, 0) is 60.3 Å². The Kier molecular flexibility index (Phi) is 6.93. The van der Waals surface area contributed by atoms with E-state index in [0.717, 1.165) is 0 Å². The molecule has 0 atom stereocenters. The Morgan fingerprint density at radius 2 is 1.83 bits per heavy atom. The molecule has 0 radical (unpaired) electrons. The summed E-state index contributed by atoms with van der Waals surface area (Å²) in [6.07, 6.45) is 1.46. The fourth-order valence-electron chi connectivity index (χ4n) is 3.34. The lowest BCUT2D eigenvalue weighted by Gasteiger charge is -2.28. The van der Waals surface area contributed by atoms with E-state index in [9.17, 15) is 14.4 Å². The van der Waals surface area contributed by atoms with Gasteiger partial charge in [0.05, 0.1) is 19.9 Å². The Hall–Kier alpha value is -4.44. The van der Waals surface area contributed by atoms with Crippen molar-refractivity contribution in [3.05, 3.63) is 83.3 Å². The molecule has 2 aromatic carbocycles. The molecule has 0 bridgehead atoms. The monoisotopic (exact) mass is 492 g/mol. The van der Waals surface area contributed by atoms with E-state index in [1.807, 2.05) is 6.07 Å². The van der Waals surface area contributed by atoms with Crippen LogP contribution in [0.5, 0.6) is 11.5 Å². The molecule has 1 aromatic heterocycles. The van der Waals surface area contributed by atoms with Crippen LogP contribution in [0.1, 0.15) is 21.9 Å². The van der Waals surface area contributed by atoms with Crippen molar-refractivity contribution in [2.45, 2.75) is 6.61 Å². The molecule has 2 amide bonds. The standard InChI is InChI=1S/C25H20N2O7S/c1-31-21-13-15(8-10-19(21)33-14-17-9-11-20(34-17)24(30)32-2)12-18-22(28)26-25(35)27(23(18)29)16-6-4-3-5-7-16/h3-13H,14H2,1-2H3,(H,26,28,35). The second-order valence-corrected chi connectivity index (χ2v) is 7.64. The minimum absolute atomic E-state index is 0.0120. The number of esters is 1. The fourth-order valence-corrected chi connectivity index (χ4v) is 3.62. The summed E-state index contributed by atoms with van der Waals surface area (Å²) in [5.41, 5.74) is 1.01. The number of carbonyl (C=O) groups excluding carboxylic acids is 3. The minimum atomic E-state index is -0.592. The number of benzene rings is 2. The number of furan rings is 1. The fraction of sp³-hybridized carbons (Fsp3) is 0.120. The molecule has 1 aliphatic heterocycles. The lowest BCUT2D eigenvalue weighted by Crippen LogP contribution is -2.54. The van der Waals surface area contributed by atoms with Crippen molar-refractivity contribution in [3.63, 3.8) is 0 Å². The summed E-state index contributed by atoms with van der Waals surface area (Å²) in [4.78, 5) is 38.4. The van der Waals surface area contributed by atoms with Gasteiger partial charge in [0.2, 0.25) is 5.76 Å². The van der Waals surface area contributed by atoms with Gasteiger partial charge in [-0.2, -0.15) is 0 Å². The Morgan fingerprint density at radius 3 is 2.54 bits per heavy atom. The Balaban J connectivity index is 1.55. The summed E-state index contributed by atoms with van der Waals surface area (Å²) in [5.74, 6) is -0.455. The molecule has 2 heterocycles. The van der Waals surface area contributed by atoms with E-state index in [0.29, 0.717) is 28.5 Å². The van der Waals surface area contributed by atoms with E-state index >= 15 is 0 Å². The van der Waals surface area contributed by atoms with Gasteiger partial charge >= 0.3 is 5.97 Å². The maximum Gasteiger partial charge on any atom is 0.373 e. The highest BCUT2D eigenvalue weighted by atomic mass is 32.1. The van der Waals surface area contributed by atoms with Crippen molar-refractivity contribution in [1.29, 1.82) is 0 Å². The van der Waals surface area contributed by atoms with Gasteiger partial charge in [0, 0.05) is 0 Å². The van der Waals surface area contributed by atoms with Crippen molar-refractivity contribution < 1.29 is 33.0 Å². The second-order valence-electron chi connectivity index (χ2n) is 7.25. The largest absolute Gasteiger partial charge is 0.493 e. The van der Waals surface area contributed by atoms with Gasteiger partial charge < -0.3 is 18.6 Å². The maximum absolute atomic E-state index is 13.1. The molecule has 9 nitrogen and oxygen atoms in total. The number of nitrogens with one attached hydrogen (secondary N) is 1. The number of amides is 2. The highest BCUT2D eigenvalue weighted by molar-refractivity contribution is 7.80. The van der Waals surface area contributed by atoms with Gasteiger partial charge in [0.15, 0.2) is 16.6 Å². The van der Waals surface area contributed by atoms with E-state index in [-0.39, 0.29) is 23.1 Å². The summed E-state index contributed by atoms with van der Waals surface area (Å²) in [6, 6.07) is 16.8.